The van der Waals surface area contributed by atoms with E-state index in [1.165, 1.54) is 30.1 Å². The molecule has 2 heterocycles. The van der Waals surface area contributed by atoms with Crippen molar-refractivity contribution in [3.63, 3.8) is 0 Å². The van der Waals surface area contributed by atoms with E-state index in [-0.39, 0.29) is 18.4 Å². The molecule has 1 unspecified atom stereocenters. The summed E-state index contributed by atoms with van der Waals surface area (Å²) in [7, 11) is 0. The molecule has 2 amide bonds. The Bertz CT molecular complexity index is 592. The van der Waals surface area contributed by atoms with Crippen LogP contribution < -0.4 is 5.32 Å². The van der Waals surface area contributed by atoms with E-state index in [1.807, 2.05) is 20.8 Å². The molecule has 0 aliphatic carbocycles. The van der Waals surface area contributed by atoms with Crippen LogP contribution in [0.4, 0.5) is 23.1 Å². The highest BCUT2D eigenvalue weighted by Crippen LogP contribution is 2.44. The molecule has 1 aliphatic heterocycles. The zero-order chi connectivity index (χ0) is 17.6. The van der Waals surface area contributed by atoms with Crippen LogP contribution >= 0.6 is 11.3 Å². The van der Waals surface area contributed by atoms with Crippen LogP contribution in [0.5, 0.6) is 0 Å². The molecule has 0 spiro atoms. The molecule has 9 heteroatoms. The number of carbonyl (C=O) groups is 1. The van der Waals surface area contributed by atoms with Crippen LogP contribution in [0.3, 0.4) is 0 Å². The second-order valence-corrected chi connectivity index (χ2v) is 8.26. The molecular formula is C14H21F3N4OS. The van der Waals surface area contributed by atoms with Crippen LogP contribution in [0.1, 0.15) is 46.0 Å². The van der Waals surface area contributed by atoms with Gasteiger partial charge in [0.05, 0.1) is 11.5 Å². The maximum absolute atomic E-state index is 13.1. The first-order valence-electron chi connectivity index (χ1n) is 7.33. The normalized spacial score (nSPS) is 21.6. The molecule has 130 valence electrons. The molecule has 1 aliphatic rings. The van der Waals surface area contributed by atoms with Crippen LogP contribution in [0.25, 0.3) is 0 Å². The molecule has 1 aromatic heterocycles. The zero-order valence-corrected chi connectivity index (χ0v) is 14.6. The number of nitrogens with one attached hydrogen (secondary N) is 1. The van der Waals surface area contributed by atoms with Gasteiger partial charge in [-0.15, -0.1) is 10.2 Å². The fourth-order valence-electron chi connectivity index (χ4n) is 2.75. The van der Waals surface area contributed by atoms with E-state index in [4.69, 9.17) is 0 Å². The van der Waals surface area contributed by atoms with Gasteiger partial charge in [0.2, 0.25) is 5.13 Å². The number of carbonyl (C=O) groups excluding carboxylic acids is 1. The molecule has 0 bridgehead atoms. The van der Waals surface area contributed by atoms with Crippen molar-refractivity contribution in [3.05, 3.63) is 5.01 Å². The average molecular weight is 350 g/mol. The van der Waals surface area contributed by atoms with Crippen molar-refractivity contribution in [3.8, 4) is 0 Å². The van der Waals surface area contributed by atoms with Crippen LogP contribution in [0.2, 0.25) is 0 Å². The van der Waals surface area contributed by atoms with Gasteiger partial charge in [-0.25, -0.2) is 4.79 Å². The first-order valence-corrected chi connectivity index (χ1v) is 8.14. The summed E-state index contributed by atoms with van der Waals surface area (Å²) in [6, 6.07) is -0.571. The number of amides is 2. The minimum absolute atomic E-state index is 0.0634. The Morgan fingerprint density at radius 3 is 2.35 bits per heavy atom. The quantitative estimate of drug-likeness (QED) is 0.832. The van der Waals surface area contributed by atoms with Gasteiger partial charge in [-0.2, -0.15) is 13.2 Å². The minimum atomic E-state index is -4.32. The Hall–Kier alpha value is -1.38. The number of aromatic nitrogens is 2. The third-order valence-corrected chi connectivity index (χ3v) is 5.37. The van der Waals surface area contributed by atoms with Gasteiger partial charge in [-0.1, -0.05) is 32.1 Å². The van der Waals surface area contributed by atoms with E-state index >= 15 is 0 Å². The molecule has 1 fully saturated rings. The summed E-state index contributed by atoms with van der Waals surface area (Å²) < 4.78 is 39.2. The van der Waals surface area contributed by atoms with Crippen LogP contribution in [0.15, 0.2) is 0 Å². The summed E-state index contributed by atoms with van der Waals surface area (Å²) in [5, 5.41) is 11.5. The van der Waals surface area contributed by atoms with E-state index < -0.39 is 23.7 Å². The van der Waals surface area contributed by atoms with E-state index in [0.29, 0.717) is 5.13 Å². The van der Waals surface area contributed by atoms with E-state index in [9.17, 15) is 18.0 Å². The molecule has 1 atom stereocenters. The lowest BCUT2D eigenvalue weighted by atomic mass is 9.88. The van der Waals surface area contributed by atoms with E-state index in [2.05, 4.69) is 15.5 Å². The van der Waals surface area contributed by atoms with Gasteiger partial charge in [0.1, 0.15) is 5.01 Å². The van der Waals surface area contributed by atoms with Gasteiger partial charge in [0.15, 0.2) is 0 Å². The Morgan fingerprint density at radius 2 is 1.91 bits per heavy atom. The number of anilines is 1. The highest BCUT2D eigenvalue weighted by molar-refractivity contribution is 7.15. The summed E-state index contributed by atoms with van der Waals surface area (Å²) in [5.41, 5.74) is -1.49. The molecule has 1 N–H and O–H groups in total. The number of likely N-dealkylation sites (tertiary alicyclic amines) is 1. The van der Waals surface area contributed by atoms with Crippen LogP contribution in [0, 0.1) is 5.92 Å². The standard InChI is InChI=1S/C14H21F3N4OS/c1-12(2,3)9-19-20-10(23-9)18-11(22)21-7-6-8(13(21,4)5)14(15,16)17/h8H,6-7H2,1-5H3,(H,18,20,22). The maximum atomic E-state index is 13.1. The molecule has 1 aromatic rings. The van der Waals surface area contributed by atoms with Crippen LogP contribution in [-0.4, -0.2) is 39.4 Å². The molecule has 0 radical (unpaired) electrons. The van der Waals surface area contributed by atoms with Gasteiger partial charge in [-0.3, -0.25) is 5.32 Å². The van der Waals surface area contributed by atoms with Crippen molar-refractivity contribution < 1.29 is 18.0 Å². The van der Waals surface area contributed by atoms with Crippen molar-refractivity contribution in [2.75, 3.05) is 11.9 Å². The Morgan fingerprint density at radius 1 is 1.30 bits per heavy atom. The number of halogens is 3. The van der Waals surface area contributed by atoms with Gasteiger partial charge in [-0.05, 0) is 20.3 Å². The molecular weight excluding hydrogens is 329 g/mol. The number of urea groups is 1. The number of alkyl halides is 3. The molecule has 1 saturated heterocycles. The largest absolute Gasteiger partial charge is 0.394 e. The second-order valence-electron chi connectivity index (χ2n) is 7.28. The molecule has 23 heavy (non-hydrogen) atoms. The first-order chi connectivity index (χ1) is 10.3. The van der Waals surface area contributed by atoms with Crippen molar-refractivity contribution in [2.24, 2.45) is 5.92 Å². The van der Waals surface area contributed by atoms with Crippen molar-refractivity contribution in [1.82, 2.24) is 15.1 Å². The smallest absolute Gasteiger partial charge is 0.319 e. The topological polar surface area (TPSA) is 58.1 Å². The zero-order valence-electron chi connectivity index (χ0n) is 13.8. The lowest BCUT2D eigenvalue weighted by Crippen LogP contribution is -2.51. The SMILES string of the molecule is CC(C)(C)c1nnc(NC(=O)N2CCC(C(F)(F)F)C2(C)C)s1. The predicted molar refractivity (Wildman–Crippen MR) is 82.6 cm³/mol. The summed E-state index contributed by atoms with van der Waals surface area (Å²) in [5.74, 6) is -1.53. The fourth-order valence-corrected chi connectivity index (χ4v) is 3.54. The number of rotatable bonds is 1. The number of nitrogens with zero attached hydrogens (tertiary/aromatic N) is 3. The lowest BCUT2D eigenvalue weighted by Gasteiger charge is -2.36. The van der Waals surface area contributed by atoms with E-state index in [1.54, 1.807) is 0 Å². The summed E-state index contributed by atoms with van der Waals surface area (Å²) in [6.07, 6.45) is -4.41. The third-order valence-electron chi connectivity index (χ3n) is 4.11. The maximum Gasteiger partial charge on any atom is 0.394 e. The first kappa shape index (κ1) is 18.0. The van der Waals surface area contributed by atoms with Gasteiger partial charge in [0, 0.05) is 12.0 Å². The third kappa shape index (κ3) is 3.59. The molecule has 2 rings (SSSR count). The number of hydrogen-bond donors (Lipinski definition) is 1. The Kier molecular flexibility index (Phi) is 4.38. The summed E-state index contributed by atoms with van der Waals surface area (Å²) in [6.45, 7) is 8.86. The van der Waals surface area contributed by atoms with Crippen LogP contribution in [-0.2, 0) is 5.41 Å². The summed E-state index contributed by atoms with van der Waals surface area (Å²) in [4.78, 5) is 13.6. The fraction of sp³-hybridized carbons (Fsp3) is 0.786. The van der Waals surface area contributed by atoms with Crippen molar-refractivity contribution in [1.29, 1.82) is 0 Å². The number of hydrogen-bond acceptors (Lipinski definition) is 4. The van der Waals surface area contributed by atoms with Gasteiger partial charge in [0.25, 0.3) is 0 Å². The second kappa shape index (κ2) is 5.61. The van der Waals surface area contributed by atoms with E-state index in [0.717, 1.165) is 5.01 Å². The predicted octanol–water partition coefficient (Wildman–Crippen LogP) is 4.03. The molecule has 5 nitrogen and oxygen atoms in total. The Labute approximate surface area is 137 Å². The summed E-state index contributed by atoms with van der Waals surface area (Å²) >= 11 is 1.23. The van der Waals surface area contributed by atoms with Gasteiger partial charge < -0.3 is 4.90 Å². The monoisotopic (exact) mass is 350 g/mol. The van der Waals surface area contributed by atoms with Gasteiger partial charge >= 0.3 is 12.2 Å². The Balaban J connectivity index is 2.11. The molecule has 0 saturated carbocycles. The van der Waals surface area contributed by atoms with Crippen molar-refractivity contribution >= 4 is 22.5 Å². The average Bonchev–Trinajstić information content (AvgIpc) is 2.91. The molecule has 0 aromatic carbocycles. The highest BCUT2D eigenvalue weighted by Gasteiger charge is 2.56. The highest BCUT2D eigenvalue weighted by atomic mass is 32.1. The minimum Gasteiger partial charge on any atom is -0.319 e. The van der Waals surface area contributed by atoms with Crippen molar-refractivity contribution in [2.45, 2.75) is 58.2 Å². The lowest BCUT2D eigenvalue weighted by molar-refractivity contribution is -0.189.